The lowest BCUT2D eigenvalue weighted by molar-refractivity contribution is 0.190. The van der Waals surface area contributed by atoms with E-state index in [0.717, 1.165) is 23.3 Å². The van der Waals surface area contributed by atoms with Gasteiger partial charge in [-0.15, -0.1) is 11.3 Å². The van der Waals surface area contributed by atoms with E-state index in [1.807, 2.05) is 25.1 Å². The Kier molecular flexibility index (Phi) is 4.61. The summed E-state index contributed by atoms with van der Waals surface area (Å²) in [5.74, 6) is 0.770. The molecule has 1 aromatic carbocycles. The second kappa shape index (κ2) is 6.22. The van der Waals surface area contributed by atoms with E-state index in [9.17, 15) is 5.11 Å². The first kappa shape index (κ1) is 14.1. The molecule has 0 saturated carbocycles. The highest BCUT2D eigenvalue weighted by atomic mass is 32.1. The summed E-state index contributed by atoms with van der Waals surface area (Å²) in [6.07, 6.45) is 0.554. The van der Waals surface area contributed by atoms with Gasteiger partial charge in [0.15, 0.2) is 0 Å². The molecule has 0 aliphatic carbocycles. The van der Waals surface area contributed by atoms with E-state index >= 15 is 0 Å². The lowest BCUT2D eigenvalue weighted by atomic mass is 10.1. The van der Waals surface area contributed by atoms with Crippen LogP contribution in [0.4, 0.5) is 0 Å². The fraction of sp³-hybridized carbons (Fsp3) is 0.375. The number of hydrogen-bond acceptors (Lipinski definition) is 3. The third-order valence-corrected chi connectivity index (χ3v) is 4.25. The average Bonchev–Trinajstić information content (AvgIpc) is 2.85. The van der Waals surface area contributed by atoms with Crippen molar-refractivity contribution >= 4 is 11.3 Å². The molecule has 102 valence electrons. The summed E-state index contributed by atoms with van der Waals surface area (Å²) in [5.41, 5.74) is 1.99. The van der Waals surface area contributed by atoms with Gasteiger partial charge in [0, 0.05) is 15.3 Å². The molecular formula is C16H20O2S. The first-order valence-corrected chi connectivity index (χ1v) is 7.40. The summed E-state index contributed by atoms with van der Waals surface area (Å²) in [4.78, 5) is 2.59. The van der Waals surface area contributed by atoms with Gasteiger partial charge >= 0.3 is 0 Å². The number of aliphatic hydroxyl groups excluding tert-OH is 1. The Hall–Kier alpha value is -1.32. The van der Waals surface area contributed by atoms with Crippen molar-refractivity contribution in [1.82, 2.24) is 0 Å². The number of aryl methyl sites for hydroxylation is 2. The SMILES string of the molecule is CCc1ccc(COc2ccc(C)cc2C(C)O)s1. The van der Waals surface area contributed by atoms with E-state index in [0.29, 0.717) is 6.61 Å². The number of benzene rings is 1. The van der Waals surface area contributed by atoms with Gasteiger partial charge in [-0.2, -0.15) is 0 Å². The molecule has 0 aliphatic heterocycles. The molecule has 19 heavy (non-hydrogen) atoms. The van der Waals surface area contributed by atoms with Gasteiger partial charge in [0.2, 0.25) is 0 Å². The minimum Gasteiger partial charge on any atom is -0.488 e. The molecule has 0 bridgehead atoms. The minimum atomic E-state index is -0.510. The van der Waals surface area contributed by atoms with Gasteiger partial charge in [0.25, 0.3) is 0 Å². The second-order valence-electron chi connectivity index (χ2n) is 4.73. The maximum Gasteiger partial charge on any atom is 0.125 e. The largest absolute Gasteiger partial charge is 0.488 e. The minimum absolute atomic E-state index is 0.510. The zero-order chi connectivity index (χ0) is 13.8. The molecule has 2 aromatic rings. The van der Waals surface area contributed by atoms with Crippen molar-refractivity contribution in [3.63, 3.8) is 0 Å². The molecule has 1 unspecified atom stereocenters. The summed E-state index contributed by atoms with van der Waals surface area (Å²) < 4.78 is 5.85. The van der Waals surface area contributed by atoms with Crippen LogP contribution in [0.2, 0.25) is 0 Å². The van der Waals surface area contributed by atoms with Crippen LogP contribution in [-0.2, 0) is 13.0 Å². The van der Waals surface area contributed by atoms with Crippen molar-refractivity contribution in [2.24, 2.45) is 0 Å². The Labute approximate surface area is 118 Å². The lowest BCUT2D eigenvalue weighted by Gasteiger charge is -2.13. The van der Waals surface area contributed by atoms with Gasteiger partial charge in [-0.25, -0.2) is 0 Å². The normalized spacial score (nSPS) is 12.4. The Balaban J connectivity index is 2.10. The zero-order valence-electron chi connectivity index (χ0n) is 11.6. The topological polar surface area (TPSA) is 29.5 Å². The first-order chi connectivity index (χ1) is 9.10. The van der Waals surface area contributed by atoms with Gasteiger partial charge in [0.1, 0.15) is 12.4 Å². The van der Waals surface area contributed by atoms with Gasteiger partial charge in [-0.05, 0) is 44.5 Å². The van der Waals surface area contributed by atoms with Gasteiger partial charge in [0.05, 0.1) is 6.10 Å². The third kappa shape index (κ3) is 3.58. The Morgan fingerprint density at radius 1 is 1.21 bits per heavy atom. The third-order valence-electron chi connectivity index (χ3n) is 3.05. The molecule has 0 saturated heterocycles. The van der Waals surface area contributed by atoms with Gasteiger partial charge in [-0.3, -0.25) is 0 Å². The van der Waals surface area contributed by atoms with Crippen LogP contribution in [0.3, 0.4) is 0 Å². The first-order valence-electron chi connectivity index (χ1n) is 6.59. The van der Waals surface area contributed by atoms with Crippen LogP contribution < -0.4 is 4.74 Å². The van der Waals surface area contributed by atoms with Crippen LogP contribution >= 0.6 is 11.3 Å². The number of rotatable bonds is 5. The predicted molar refractivity (Wildman–Crippen MR) is 79.8 cm³/mol. The molecule has 0 spiro atoms. The summed E-state index contributed by atoms with van der Waals surface area (Å²) in [6.45, 7) is 6.50. The fourth-order valence-electron chi connectivity index (χ4n) is 1.96. The highest BCUT2D eigenvalue weighted by Crippen LogP contribution is 2.28. The summed E-state index contributed by atoms with van der Waals surface area (Å²) >= 11 is 1.78. The maximum atomic E-state index is 9.79. The fourth-order valence-corrected chi connectivity index (χ4v) is 2.84. The van der Waals surface area contributed by atoms with Crippen LogP contribution in [0.1, 0.15) is 40.8 Å². The molecule has 2 nitrogen and oxygen atoms in total. The molecule has 0 fully saturated rings. The highest BCUT2D eigenvalue weighted by molar-refractivity contribution is 7.11. The quantitative estimate of drug-likeness (QED) is 0.884. The van der Waals surface area contributed by atoms with E-state index in [-0.39, 0.29) is 0 Å². The number of hydrogen-bond donors (Lipinski definition) is 1. The van der Waals surface area contributed by atoms with Crippen LogP contribution in [-0.4, -0.2) is 5.11 Å². The molecule has 0 amide bonds. The molecule has 1 aromatic heterocycles. The van der Waals surface area contributed by atoms with E-state index in [4.69, 9.17) is 4.74 Å². The number of thiophene rings is 1. The molecule has 2 rings (SSSR count). The van der Waals surface area contributed by atoms with Crippen molar-refractivity contribution in [2.75, 3.05) is 0 Å². The van der Waals surface area contributed by atoms with Crippen molar-refractivity contribution < 1.29 is 9.84 Å². The smallest absolute Gasteiger partial charge is 0.125 e. The predicted octanol–water partition coefficient (Wildman–Crippen LogP) is 4.25. The Bertz CT molecular complexity index is 543. The monoisotopic (exact) mass is 276 g/mol. The molecule has 3 heteroatoms. The second-order valence-corrected chi connectivity index (χ2v) is 5.98. The standard InChI is InChI=1S/C16H20O2S/c1-4-13-6-7-14(19-13)10-18-16-8-5-11(2)9-15(16)12(3)17/h5-9,12,17H,4,10H2,1-3H3. The number of ether oxygens (including phenoxy) is 1. The van der Waals surface area contributed by atoms with Crippen LogP contribution in [0.15, 0.2) is 30.3 Å². The highest BCUT2D eigenvalue weighted by Gasteiger charge is 2.10. The average molecular weight is 276 g/mol. The lowest BCUT2D eigenvalue weighted by Crippen LogP contribution is -2.00. The van der Waals surface area contributed by atoms with Crippen molar-refractivity contribution in [1.29, 1.82) is 0 Å². The van der Waals surface area contributed by atoms with E-state index in [1.54, 1.807) is 18.3 Å². The number of aliphatic hydroxyl groups is 1. The van der Waals surface area contributed by atoms with Crippen LogP contribution in [0, 0.1) is 6.92 Å². The Morgan fingerprint density at radius 3 is 2.58 bits per heavy atom. The van der Waals surface area contributed by atoms with Gasteiger partial charge in [-0.1, -0.05) is 18.6 Å². The summed E-state index contributed by atoms with van der Waals surface area (Å²) in [5, 5.41) is 9.79. The molecule has 1 atom stereocenters. The molecule has 1 heterocycles. The Morgan fingerprint density at radius 2 is 1.95 bits per heavy atom. The van der Waals surface area contributed by atoms with Crippen LogP contribution in [0.5, 0.6) is 5.75 Å². The van der Waals surface area contributed by atoms with Crippen molar-refractivity contribution in [2.45, 2.75) is 39.9 Å². The molecular weight excluding hydrogens is 256 g/mol. The molecule has 1 N–H and O–H groups in total. The zero-order valence-corrected chi connectivity index (χ0v) is 12.5. The van der Waals surface area contributed by atoms with Crippen LogP contribution in [0.25, 0.3) is 0 Å². The van der Waals surface area contributed by atoms with Crippen molar-refractivity contribution in [3.8, 4) is 5.75 Å². The molecule has 0 radical (unpaired) electrons. The summed E-state index contributed by atoms with van der Waals surface area (Å²) in [7, 11) is 0. The van der Waals surface area contributed by atoms with Gasteiger partial charge < -0.3 is 9.84 Å². The molecule has 0 aliphatic rings. The van der Waals surface area contributed by atoms with Crippen molar-refractivity contribution in [3.05, 3.63) is 51.2 Å². The maximum absolute atomic E-state index is 9.79. The van der Waals surface area contributed by atoms with E-state index in [2.05, 4.69) is 19.1 Å². The summed E-state index contributed by atoms with van der Waals surface area (Å²) in [6, 6.07) is 10.2. The van der Waals surface area contributed by atoms with E-state index in [1.165, 1.54) is 9.75 Å². The van der Waals surface area contributed by atoms with E-state index < -0.39 is 6.10 Å².